The van der Waals surface area contributed by atoms with E-state index >= 15 is 0 Å². The number of rotatable bonds is 18. The predicted octanol–water partition coefficient (Wildman–Crippen LogP) is 5.25. The van der Waals surface area contributed by atoms with Gasteiger partial charge in [-0.15, -0.1) is 0 Å². The summed E-state index contributed by atoms with van der Waals surface area (Å²) >= 11 is 0. The molecule has 0 heterocycles. The van der Waals surface area contributed by atoms with E-state index in [9.17, 15) is 9.36 Å². The molecule has 3 N–H and O–H groups in total. The van der Waals surface area contributed by atoms with E-state index < -0.39 is 13.9 Å². The Morgan fingerprint density at radius 1 is 0.963 bits per heavy atom. The number of carbonyl (C=O) groups is 1. The first kappa shape index (κ1) is 26.3. The normalized spacial score (nSPS) is 13.2. The number of carbonyl (C=O) groups excluding carboxylic acids is 1. The van der Waals surface area contributed by atoms with Crippen molar-refractivity contribution in [2.45, 2.75) is 103 Å². The number of allylic oxidation sites excluding steroid dienone is 2. The fourth-order valence-electron chi connectivity index (χ4n) is 2.78. The predicted molar refractivity (Wildman–Crippen MR) is 110 cm³/mol. The molecule has 0 unspecified atom stereocenters. The number of phosphoric ester groups is 1. The minimum atomic E-state index is -4.47. The highest BCUT2D eigenvalue weighted by atomic mass is 31.2. The number of amides is 1. The summed E-state index contributed by atoms with van der Waals surface area (Å²) in [6.07, 6.45) is 19.5. The van der Waals surface area contributed by atoms with E-state index in [2.05, 4.69) is 28.9 Å². The van der Waals surface area contributed by atoms with E-state index in [1.54, 1.807) is 6.92 Å². The van der Waals surface area contributed by atoms with Crippen LogP contribution in [-0.4, -0.2) is 28.3 Å². The highest BCUT2D eigenvalue weighted by Gasteiger charge is 2.16. The van der Waals surface area contributed by atoms with Crippen LogP contribution in [0.3, 0.4) is 0 Å². The lowest BCUT2D eigenvalue weighted by atomic mass is 10.1. The number of hydrogen-bond acceptors (Lipinski definition) is 3. The van der Waals surface area contributed by atoms with Gasteiger partial charge in [-0.2, -0.15) is 0 Å². The first-order valence-corrected chi connectivity index (χ1v) is 12.0. The fourth-order valence-corrected chi connectivity index (χ4v) is 3.19. The summed E-state index contributed by atoms with van der Waals surface area (Å²) in [7, 11) is -4.47. The van der Waals surface area contributed by atoms with Crippen molar-refractivity contribution < 1.29 is 23.7 Å². The summed E-state index contributed by atoms with van der Waals surface area (Å²) in [6, 6.07) is -0.415. The lowest BCUT2D eigenvalue weighted by molar-refractivity contribution is -0.122. The molecule has 1 atom stereocenters. The Balaban J connectivity index is 3.41. The largest absolute Gasteiger partial charge is 0.469 e. The van der Waals surface area contributed by atoms with Crippen LogP contribution in [0.5, 0.6) is 0 Å². The van der Waals surface area contributed by atoms with Gasteiger partial charge in [-0.3, -0.25) is 9.32 Å². The van der Waals surface area contributed by atoms with E-state index in [-0.39, 0.29) is 12.5 Å². The number of nitrogens with one attached hydrogen (secondary N) is 1. The Kier molecular flexibility index (Phi) is 17.0. The first-order chi connectivity index (χ1) is 12.8. The van der Waals surface area contributed by atoms with Gasteiger partial charge in [0.2, 0.25) is 5.91 Å². The van der Waals surface area contributed by atoms with E-state index in [1.165, 1.54) is 44.9 Å². The monoisotopic (exact) mass is 405 g/mol. The average molecular weight is 406 g/mol. The molecule has 0 rings (SSSR count). The molecule has 0 aliphatic heterocycles. The molecule has 0 saturated heterocycles. The van der Waals surface area contributed by atoms with Gasteiger partial charge in [0.15, 0.2) is 0 Å². The van der Waals surface area contributed by atoms with Crippen molar-refractivity contribution in [3.8, 4) is 0 Å². The molecule has 0 spiro atoms. The minimum Gasteiger partial charge on any atom is -0.351 e. The van der Waals surface area contributed by atoms with Crippen LogP contribution < -0.4 is 5.32 Å². The maximum atomic E-state index is 11.7. The van der Waals surface area contributed by atoms with Gasteiger partial charge in [0, 0.05) is 12.5 Å². The van der Waals surface area contributed by atoms with Crippen molar-refractivity contribution in [1.82, 2.24) is 5.32 Å². The first-order valence-electron chi connectivity index (χ1n) is 10.5. The molecule has 0 aliphatic carbocycles. The Bertz CT molecular complexity index is 436. The summed E-state index contributed by atoms with van der Waals surface area (Å²) < 4.78 is 15.0. The molecule has 0 radical (unpaired) electrons. The van der Waals surface area contributed by atoms with Gasteiger partial charge >= 0.3 is 7.82 Å². The van der Waals surface area contributed by atoms with Crippen LogP contribution in [0, 0.1) is 0 Å². The molecular weight excluding hydrogens is 365 g/mol. The minimum absolute atomic E-state index is 0.101. The molecule has 0 saturated carbocycles. The quantitative estimate of drug-likeness (QED) is 0.164. The molecule has 6 nitrogen and oxygen atoms in total. The van der Waals surface area contributed by atoms with Crippen molar-refractivity contribution in [2.75, 3.05) is 6.61 Å². The maximum Gasteiger partial charge on any atom is 0.469 e. The van der Waals surface area contributed by atoms with Gasteiger partial charge in [0.1, 0.15) is 0 Å². The molecule has 160 valence electrons. The third-order valence-corrected chi connectivity index (χ3v) is 4.80. The number of hydrogen-bond donors (Lipinski definition) is 3. The third kappa shape index (κ3) is 21.5. The van der Waals surface area contributed by atoms with Gasteiger partial charge in [0.05, 0.1) is 6.61 Å². The zero-order valence-electron chi connectivity index (χ0n) is 17.2. The maximum absolute atomic E-state index is 11.7. The van der Waals surface area contributed by atoms with Gasteiger partial charge in [-0.05, 0) is 39.0 Å². The van der Waals surface area contributed by atoms with E-state index in [0.29, 0.717) is 6.42 Å². The lowest BCUT2D eigenvalue weighted by Gasteiger charge is -2.14. The molecule has 1 amide bonds. The van der Waals surface area contributed by atoms with Crippen LogP contribution in [0.4, 0.5) is 0 Å². The van der Waals surface area contributed by atoms with Gasteiger partial charge in [0.25, 0.3) is 0 Å². The highest BCUT2D eigenvalue weighted by molar-refractivity contribution is 7.46. The van der Waals surface area contributed by atoms with Gasteiger partial charge in [-0.1, -0.05) is 64.0 Å². The molecule has 7 heteroatoms. The second-order valence-corrected chi connectivity index (χ2v) is 8.47. The molecule has 0 aromatic carbocycles. The molecule has 0 aromatic rings. The Labute approximate surface area is 165 Å². The van der Waals surface area contributed by atoms with Crippen LogP contribution in [0.15, 0.2) is 12.2 Å². The second-order valence-electron chi connectivity index (χ2n) is 7.24. The summed E-state index contributed by atoms with van der Waals surface area (Å²) in [5.41, 5.74) is 0. The standard InChI is InChI=1S/C20H40NO5P/c1-3-4-5-6-7-8-9-10-11-12-13-14-15-16-17-20(22)21-19(2)18-26-27(23,24)25/h10-11,19H,3-9,12-18H2,1-2H3,(H,21,22)(H2,23,24,25)/b11-10-/t19-/m1/s1. The van der Waals surface area contributed by atoms with Crippen molar-refractivity contribution in [3.63, 3.8) is 0 Å². The summed E-state index contributed by atoms with van der Waals surface area (Å²) in [6.45, 7) is 3.71. The van der Waals surface area contributed by atoms with Crippen LogP contribution in [-0.2, 0) is 13.9 Å². The third-order valence-electron chi connectivity index (χ3n) is 4.32. The van der Waals surface area contributed by atoms with Gasteiger partial charge in [-0.25, -0.2) is 4.57 Å². The molecule has 0 bridgehead atoms. The van der Waals surface area contributed by atoms with Crippen molar-refractivity contribution in [3.05, 3.63) is 12.2 Å². The SMILES string of the molecule is CCCCCCCC/C=C\CCCCCCC(=O)N[C@H](C)COP(=O)(O)O. The smallest absolute Gasteiger partial charge is 0.351 e. The summed E-state index contributed by atoms with van der Waals surface area (Å²) in [5.74, 6) is -0.101. The van der Waals surface area contributed by atoms with Crippen LogP contribution >= 0.6 is 7.82 Å². The average Bonchev–Trinajstić information content (AvgIpc) is 2.59. The highest BCUT2D eigenvalue weighted by Crippen LogP contribution is 2.35. The van der Waals surface area contributed by atoms with Crippen molar-refractivity contribution in [1.29, 1.82) is 0 Å². The fraction of sp³-hybridized carbons (Fsp3) is 0.850. The van der Waals surface area contributed by atoms with E-state index in [1.807, 2.05) is 0 Å². The molecule has 0 aromatic heterocycles. The molecular formula is C20H40NO5P. The lowest BCUT2D eigenvalue weighted by Crippen LogP contribution is -2.35. The summed E-state index contributed by atoms with van der Waals surface area (Å²) in [5, 5.41) is 2.68. The topological polar surface area (TPSA) is 95.9 Å². The second kappa shape index (κ2) is 17.4. The van der Waals surface area contributed by atoms with Crippen molar-refractivity contribution >= 4 is 13.7 Å². The Morgan fingerprint density at radius 3 is 2.04 bits per heavy atom. The Hall–Kier alpha value is -0.680. The van der Waals surface area contributed by atoms with Crippen LogP contribution in [0.1, 0.15) is 97.3 Å². The number of phosphoric acid groups is 1. The number of unbranched alkanes of at least 4 members (excludes halogenated alkanes) is 10. The zero-order valence-corrected chi connectivity index (χ0v) is 18.1. The van der Waals surface area contributed by atoms with Crippen molar-refractivity contribution in [2.24, 2.45) is 0 Å². The molecule has 0 fully saturated rings. The van der Waals surface area contributed by atoms with E-state index in [4.69, 9.17) is 9.79 Å². The van der Waals surface area contributed by atoms with E-state index in [0.717, 1.165) is 32.1 Å². The zero-order chi connectivity index (χ0) is 20.4. The summed E-state index contributed by atoms with van der Waals surface area (Å²) in [4.78, 5) is 29.0. The van der Waals surface area contributed by atoms with Gasteiger partial charge < -0.3 is 15.1 Å². The Morgan fingerprint density at radius 2 is 1.48 bits per heavy atom. The van der Waals surface area contributed by atoms with Crippen LogP contribution in [0.2, 0.25) is 0 Å². The molecule has 27 heavy (non-hydrogen) atoms. The van der Waals surface area contributed by atoms with Crippen LogP contribution in [0.25, 0.3) is 0 Å². The molecule has 0 aliphatic rings.